The highest BCUT2D eigenvalue weighted by Gasteiger charge is 2.43. The molecule has 0 bridgehead atoms. The van der Waals surface area contributed by atoms with Gasteiger partial charge in [0.1, 0.15) is 0 Å². The molecule has 2 N–H and O–H groups in total. The first-order valence-electron chi connectivity index (χ1n) is 10.3. The van der Waals surface area contributed by atoms with E-state index in [9.17, 15) is 31.4 Å². The predicted molar refractivity (Wildman–Crippen MR) is 113 cm³/mol. The summed E-state index contributed by atoms with van der Waals surface area (Å²) in [7, 11) is 0. The van der Waals surface area contributed by atoms with Gasteiger partial charge in [-0.25, -0.2) is 4.98 Å². The number of hydrogen-bond donors (Lipinski definition) is 2. The molecule has 4 rings (SSSR count). The van der Waals surface area contributed by atoms with E-state index in [4.69, 9.17) is 0 Å². The Labute approximate surface area is 190 Å². The fraction of sp³-hybridized carbons (Fsp3) is 0.409. The Morgan fingerprint density at radius 1 is 1.06 bits per heavy atom. The predicted octanol–water partition coefficient (Wildman–Crippen LogP) is 5.11. The summed E-state index contributed by atoms with van der Waals surface area (Å²) >= 11 is 0. The number of hydrogen-bond acceptors (Lipinski definition) is 6. The lowest BCUT2D eigenvalue weighted by Gasteiger charge is -2.46. The average Bonchev–Trinajstić information content (AvgIpc) is 2.72. The smallest absolute Gasteiger partial charge is 0.386 e. The van der Waals surface area contributed by atoms with Crippen LogP contribution in [0.3, 0.4) is 0 Å². The molecule has 0 amide bonds. The van der Waals surface area contributed by atoms with Gasteiger partial charge in [-0.05, 0) is 44.5 Å². The van der Waals surface area contributed by atoms with Crippen molar-refractivity contribution < 1.29 is 31.4 Å². The van der Waals surface area contributed by atoms with Crippen LogP contribution in [0.15, 0.2) is 30.3 Å². The van der Waals surface area contributed by atoms with Gasteiger partial charge in [0.15, 0.2) is 11.5 Å². The van der Waals surface area contributed by atoms with Crippen LogP contribution in [0, 0.1) is 6.92 Å². The molecule has 1 saturated heterocycles. The Kier molecular flexibility index (Phi) is 5.62. The molecule has 34 heavy (non-hydrogen) atoms. The molecule has 1 aromatic carbocycles. The molecule has 0 unspecified atom stereocenters. The van der Waals surface area contributed by atoms with Crippen molar-refractivity contribution in [3.8, 4) is 0 Å². The zero-order valence-corrected chi connectivity index (χ0v) is 18.4. The Bertz CT molecular complexity index is 1230. The van der Waals surface area contributed by atoms with Gasteiger partial charge in [-0.3, -0.25) is 0 Å². The first kappa shape index (κ1) is 24.0. The number of alkyl halides is 6. The first-order valence-corrected chi connectivity index (χ1v) is 10.3. The van der Waals surface area contributed by atoms with Crippen molar-refractivity contribution in [1.29, 1.82) is 0 Å². The number of pyridine rings is 1. The lowest BCUT2D eigenvalue weighted by atomic mass is 9.95. The van der Waals surface area contributed by atoms with Crippen LogP contribution in [0.2, 0.25) is 0 Å². The largest absolute Gasteiger partial charge is 0.435 e. The molecule has 12 heteroatoms. The summed E-state index contributed by atoms with van der Waals surface area (Å²) in [5.41, 5.74) is -2.82. The maximum Gasteiger partial charge on any atom is 0.435 e. The summed E-state index contributed by atoms with van der Waals surface area (Å²) in [6.07, 6.45) is -9.27. The SMILES string of the molecule is Cc1nnc(N[C@H](C)c2cccc(C(F)(F)F)c2)c2cc(N3CC(C)(O)C3)c(C(F)(F)F)nc12. The molecule has 0 saturated carbocycles. The Morgan fingerprint density at radius 2 is 1.74 bits per heavy atom. The van der Waals surface area contributed by atoms with Crippen molar-refractivity contribution >= 4 is 22.4 Å². The maximum atomic E-state index is 13.8. The summed E-state index contributed by atoms with van der Waals surface area (Å²) in [5, 5.41) is 21.1. The zero-order valence-electron chi connectivity index (χ0n) is 18.4. The summed E-state index contributed by atoms with van der Waals surface area (Å²) < 4.78 is 80.7. The Balaban J connectivity index is 1.77. The number of β-amino-alcohol motifs (C(OH)–C–C–N with tert-alkyl or cyclic N) is 1. The van der Waals surface area contributed by atoms with E-state index >= 15 is 0 Å². The van der Waals surface area contributed by atoms with Gasteiger partial charge in [0.25, 0.3) is 0 Å². The number of anilines is 2. The van der Waals surface area contributed by atoms with Crippen LogP contribution in [0.25, 0.3) is 10.9 Å². The number of fused-ring (bicyclic) bond motifs is 1. The number of nitrogens with one attached hydrogen (secondary N) is 1. The molecular formula is C22H21F6N5O. The third-order valence-corrected chi connectivity index (χ3v) is 5.64. The fourth-order valence-electron chi connectivity index (χ4n) is 3.96. The zero-order chi connectivity index (χ0) is 25.1. The second kappa shape index (κ2) is 7.97. The van der Waals surface area contributed by atoms with Crippen LogP contribution in [0.5, 0.6) is 0 Å². The van der Waals surface area contributed by atoms with Crippen molar-refractivity contribution in [2.75, 3.05) is 23.3 Å². The molecule has 1 fully saturated rings. The van der Waals surface area contributed by atoms with Gasteiger partial charge in [-0.2, -0.15) is 31.4 Å². The Morgan fingerprint density at radius 3 is 2.32 bits per heavy atom. The van der Waals surface area contributed by atoms with E-state index in [1.165, 1.54) is 36.9 Å². The van der Waals surface area contributed by atoms with E-state index in [1.807, 2.05) is 0 Å². The summed E-state index contributed by atoms with van der Waals surface area (Å²) in [5.74, 6) is 0.0836. The highest BCUT2D eigenvalue weighted by Crippen LogP contribution is 2.41. The van der Waals surface area contributed by atoms with E-state index < -0.39 is 35.3 Å². The van der Waals surface area contributed by atoms with Gasteiger partial charge >= 0.3 is 12.4 Å². The highest BCUT2D eigenvalue weighted by atomic mass is 19.4. The number of benzene rings is 1. The van der Waals surface area contributed by atoms with Gasteiger partial charge in [0.2, 0.25) is 0 Å². The standard InChI is InChI=1S/C22H21F6N5O/c1-11(13-5-4-6-14(7-13)21(23,24)25)29-19-15-8-16(33-9-20(3,34)10-33)18(22(26,27)28)30-17(15)12(2)31-32-19/h4-8,11,34H,9-10H2,1-3H3,(H,29,32)/t11-/m1/s1. The van der Waals surface area contributed by atoms with Gasteiger partial charge < -0.3 is 15.3 Å². The molecule has 3 heterocycles. The van der Waals surface area contributed by atoms with Crippen LogP contribution in [0.1, 0.15) is 42.4 Å². The minimum atomic E-state index is -4.75. The second-order valence-electron chi connectivity index (χ2n) is 8.73. The molecule has 1 aliphatic rings. The molecule has 0 spiro atoms. The van der Waals surface area contributed by atoms with Crippen LogP contribution in [-0.4, -0.2) is 39.0 Å². The average molecular weight is 485 g/mol. The van der Waals surface area contributed by atoms with Gasteiger partial charge in [-0.1, -0.05) is 12.1 Å². The Hall–Kier alpha value is -3.15. The summed E-state index contributed by atoms with van der Waals surface area (Å²) in [4.78, 5) is 5.21. The minimum absolute atomic E-state index is 0.00976. The van der Waals surface area contributed by atoms with E-state index in [1.54, 1.807) is 6.92 Å². The van der Waals surface area contributed by atoms with Crippen molar-refractivity contribution in [1.82, 2.24) is 15.2 Å². The quantitative estimate of drug-likeness (QED) is 0.500. The fourth-order valence-corrected chi connectivity index (χ4v) is 3.96. The second-order valence-corrected chi connectivity index (χ2v) is 8.73. The monoisotopic (exact) mass is 485 g/mol. The molecule has 6 nitrogen and oxygen atoms in total. The topological polar surface area (TPSA) is 74.2 Å². The number of aryl methyl sites for hydroxylation is 1. The van der Waals surface area contributed by atoms with Crippen LogP contribution in [-0.2, 0) is 12.4 Å². The van der Waals surface area contributed by atoms with E-state index in [2.05, 4.69) is 20.5 Å². The van der Waals surface area contributed by atoms with Gasteiger partial charge in [0.05, 0.1) is 34.1 Å². The molecule has 1 aliphatic heterocycles. The van der Waals surface area contributed by atoms with Crippen molar-refractivity contribution in [3.63, 3.8) is 0 Å². The van der Waals surface area contributed by atoms with Crippen molar-refractivity contribution in [3.05, 3.63) is 52.8 Å². The number of aromatic nitrogens is 3. The summed E-state index contributed by atoms with van der Waals surface area (Å²) in [6.45, 7) is 4.57. The molecule has 0 radical (unpaired) electrons. The van der Waals surface area contributed by atoms with E-state index in [0.29, 0.717) is 5.56 Å². The molecule has 182 valence electrons. The number of rotatable bonds is 4. The lowest BCUT2D eigenvalue weighted by molar-refractivity contribution is -0.140. The van der Waals surface area contributed by atoms with Crippen molar-refractivity contribution in [2.45, 2.75) is 44.8 Å². The highest BCUT2D eigenvalue weighted by molar-refractivity contribution is 5.93. The lowest BCUT2D eigenvalue weighted by Crippen LogP contribution is -2.60. The van der Waals surface area contributed by atoms with E-state index in [0.717, 1.165) is 12.1 Å². The number of halogens is 6. The molecule has 2 aromatic heterocycles. The first-order chi connectivity index (χ1) is 15.7. The molecule has 3 aromatic rings. The van der Waals surface area contributed by atoms with Crippen LogP contribution in [0.4, 0.5) is 37.8 Å². The normalized spacial score (nSPS) is 16.9. The third kappa shape index (κ3) is 4.59. The van der Waals surface area contributed by atoms with Crippen molar-refractivity contribution in [2.24, 2.45) is 0 Å². The van der Waals surface area contributed by atoms with Gasteiger partial charge in [-0.15, -0.1) is 5.10 Å². The number of aliphatic hydroxyl groups is 1. The van der Waals surface area contributed by atoms with Crippen LogP contribution < -0.4 is 10.2 Å². The maximum absolute atomic E-state index is 13.8. The van der Waals surface area contributed by atoms with E-state index in [-0.39, 0.29) is 41.2 Å². The molecule has 0 aliphatic carbocycles. The molecule has 1 atom stereocenters. The minimum Gasteiger partial charge on any atom is -0.386 e. The van der Waals surface area contributed by atoms with Crippen LogP contribution >= 0.6 is 0 Å². The third-order valence-electron chi connectivity index (χ3n) is 5.64. The van der Waals surface area contributed by atoms with Gasteiger partial charge in [0, 0.05) is 18.5 Å². The number of nitrogens with zero attached hydrogens (tertiary/aromatic N) is 4. The molecular weight excluding hydrogens is 464 g/mol. The summed E-state index contributed by atoms with van der Waals surface area (Å²) in [6, 6.07) is 5.34.